The van der Waals surface area contributed by atoms with Gasteiger partial charge in [-0.1, -0.05) is 66.8 Å². The molecule has 1 aromatic rings. The maximum Gasteiger partial charge on any atom is 0.251 e. The number of hydrogen-bond acceptors (Lipinski definition) is 2. The molecule has 0 fully saturated rings. The molecule has 0 saturated carbocycles. The molecule has 1 amide bonds. The molecule has 3 nitrogen and oxygen atoms in total. The Morgan fingerprint density at radius 3 is 2.50 bits per heavy atom. The van der Waals surface area contributed by atoms with Gasteiger partial charge in [-0.3, -0.25) is 9.69 Å². The van der Waals surface area contributed by atoms with Crippen molar-refractivity contribution in [3.8, 4) is 0 Å². The molecular weight excluding hydrogens is 367 g/mol. The minimum Gasteiger partial charge on any atom is -0.330 e. The summed E-state index contributed by atoms with van der Waals surface area (Å²) in [5.74, 6) is 0.0637. The molecule has 2 N–H and O–H groups in total. The number of nitrogens with two attached hydrogens (primary N) is 1. The molecule has 26 heavy (non-hydrogen) atoms. The topological polar surface area (TPSA) is 46.3 Å². The third kappa shape index (κ3) is 2.84. The number of fused-ring (bicyclic) bond motifs is 3. The summed E-state index contributed by atoms with van der Waals surface area (Å²) in [5.41, 5.74) is 9.14. The first-order chi connectivity index (χ1) is 12.3. The Bertz CT molecular complexity index is 839. The van der Waals surface area contributed by atoms with E-state index in [1.54, 1.807) is 6.08 Å². The van der Waals surface area contributed by atoms with Crippen molar-refractivity contribution in [3.63, 3.8) is 0 Å². The molecule has 2 radical (unpaired) electrons. The van der Waals surface area contributed by atoms with Gasteiger partial charge in [0.15, 0.2) is 0 Å². The summed E-state index contributed by atoms with van der Waals surface area (Å²) in [6.45, 7) is 0.605. The Labute approximate surface area is 164 Å². The van der Waals surface area contributed by atoms with Crippen molar-refractivity contribution in [2.24, 2.45) is 5.73 Å². The van der Waals surface area contributed by atoms with E-state index < -0.39 is 0 Å². The number of allylic oxidation sites excluding steroid dienone is 6. The van der Waals surface area contributed by atoms with Crippen molar-refractivity contribution < 1.29 is 21.6 Å². The van der Waals surface area contributed by atoms with Crippen LogP contribution in [0.1, 0.15) is 12.0 Å². The zero-order chi connectivity index (χ0) is 17.3. The number of carbonyl (C=O) groups is 1. The van der Waals surface area contributed by atoms with Crippen LogP contribution in [0.3, 0.4) is 0 Å². The van der Waals surface area contributed by atoms with Crippen molar-refractivity contribution in [3.05, 3.63) is 96.5 Å². The normalized spacial score (nSPS) is 25.9. The van der Waals surface area contributed by atoms with E-state index in [-0.39, 0.29) is 34.1 Å². The molecule has 1 aromatic carbocycles. The van der Waals surface area contributed by atoms with E-state index in [1.807, 2.05) is 59.9 Å². The summed E-state index contributed by atoms with van der Waals surface area (Å²) < 4.78 is 0. The maximum atomic E-state index is 12.4. The SMILES string of the molecule is NCC[C@]12C=CC=C3C=CC(=O)N(c4ccccc41)[C@@H]32.[CH]1C=CC=C1.[Co]. The van der Waals surface area contributed by atoms with Gasteiger partial charge in [-0.25, -0.2) is 0 Å². The Hall–Kier alpha value is -2.14. The van der Waals surface area contributed by atoms with Gasteiger partial charge in [0.1, 0.15) is 0 Å². The van der Waals surface area contributed by atoms with E-state index in [4.69, 9.17) is 5.73 Å². The largest absolute Gasteiger partial charge is 0.330 e. The van der Waals surface area contributed by atoms with E-state index >= 15 is 0 Å². The quantitative estimate of drug-likeness (QED) is 0.845. The minimum absolute atomic E-state index is 0. The average molecular weight is 388 g/mol. The van der Waals surface area contributed by atoms with E-state index in [0.29, 0.717) is 6.54 Å². The summed E-state index contributed by atoms with van der Waals surface area (Å²) in [7, 11) is 0. The van der Waals surface area contributed by atoms with Crippen LogP contribution >= 0.6 is 0 Å². The van der Waals surface area contributed by atoms with Gasteiger partial charge >= 0.3 is 0 Å². The Balaban J connectivity index is 0.000000285. The standard InChI is InChI=1S/C17H16N2O.C5H5.Co/c18-11-10-17-9-3-4-12-7-8-15(20)19(16(12)17)14-6-2-1-5-13(14)17;1-2-4-5-3-1;/h1-9,16H,10-11,18H2;1-5H;/t16-,17+;;/m0../s1. The summed E-state index contributed by atoms with van der Waals surface area (Å²) in [5, 5.41) is 0. The fraction of sp³-hybridized carbons (Fsp3) is 0.182. The number of para-hydroxylation sites is 1. The van der Waals surface area contributed by atoms with Crippen LogP contribution in [0.5, 0.6) is 0 Å². The maximum absolute atomic E-state index is 12.4. The number of nitrogens with zero attached hydrogens (tertiary/aromatic N) is 1. The minimum atomic E-state index is -0.171. The Morgan fingerprint density at radius 2 is 1.81 bits per heavy atom. The second kappa shape index (κ2) is 7.62. The van der Waals surface area contributed by atoms with Crippen LogP contribution in [-0.4, -0.2) is 18.5 Å². The van der Waals surface area contributed by atoms with E-state index in [2.05, 4.69) is 24.3 Å². The molecule has 0 aromatic heterocycles. The molecule has 2 aliphatic heterocycles. The Kier molecular flexibility index (Phi) is 5.46. The van der Waals surface area contributed by atoms with E-state index in [9.17, 15) is 4.79 Å². The van der Waals surface area contributed by atoms with Crippen LogP contribution in [0.2, 0.25) is 0 Å². The third-order valence-electron chi connectivity index (χ3n) is 5.18. The monoisotopic (exact) mass is 388 g/mol. The first kappa shape index (κ1) is 18.6. The smallest absolute Gasteiger partial charge is 0.251 e. The van der Waals surface area contributed by atoms with Crippen LogP contribution < -0.4 is 10.6 Å². The van der Waals surface area contributed by atoms with Crippen molar-refractivity contribution >= 4 is 11.6 Å². The van der Waals surface area contributed by atoms with Crippen molar-refractivity contribution in [1.29, 1.82) is 0 Å². The van der Waals surface area contributed by atoms with Crippen molar-refractivity contribution in [2.75, 3.05) is 11.4 Å². The summed E-state index contributed by atoms with van der Waals surface area (Å²) in [6, 6.07) is 8.26. The van der Waals surface area contributed by atoms with Gasteiger partial charge in [0, 0.05) is 40.4 Å². The molecule has 2 atom stereocenters. The van der Waals surface area contributed by atoms with Gasteiger partial charge < -0.3 is 5.73 Å². The molecule has 0 unspecified atom stereocenters. The molecule has 0 spiro atoms. The zero-order valence-electron chi connectivity index (χ0n) is 14.3. The molecule has 5 rings (SSSR count). The van der Waals surface area contributed by atoms with Crippen molar-refractivity contribution in [1.82, 2.24) is 0 Å². The van der Waals surface area contributed by atoms with Crippen molar-refractivity contribution in [2.45, 2.75) is 17.9 Å². The average Bonchev–Trinajstić information content (AvgIpc) is 3.29. The second-order valence-corrected chi connectivity index (χ2v) is 6.53. The summed E-state index contributed by atoms with van der Waals surface area (Å²) in [6.07, 6.45) is 20.9. The molecule has 2 aliphatic carbocycles. The molecule has 134 valence electrons. The molecule has 0 saturated heterocycles. The molecular formula is C22H21CoN2O. The second-order valence-electron chi connectivity index (χ2n) is 6.53. The van der Waals surface area contributed by atoms with Crippen LogP contribution in [0.15, 0.2) is 84.5 Å². The number of amides is 1. The third-order valence-corrected chi connectivity index (χ3v) is 5.18. The summed E-state index contributed by atoms with van der Waals surface area (Å²) >= 11 is 0. The van der Waals surface area contributed by atoms with Gasteiger partial charge in [-0.2, -0.15) is 0 Å². The fourth-order valence-corrected chi connectivity index (χ4v) is 4.20. The number of rotatable bonds is 2. The van der Waals surface area contributed by atoms with Crippen LogP contribution in [-0.2, 0) is 27.0 Å². The number of benzene rings is 1. The molecule has 2 heterocycles. The Morgan fingerprint density at radius 1 is 1.04 bits per heavy atom. The predicted octanol–water partition coefficient (Wildman–Crippen LogP) is 3.37. The number of hydrogen-bond donors (Lipinski definition) is 1. The predicted molar refractivity (Wildman–Crippen MR) is 102 cm³/mol. The summed E-state index contributed by atoms with van der Waals surface area (Å²) in [4.78, 5) is 14.3. The number of carbonyl (C=O) groups excluding carboxylic acids is 1. The van der Waals surface area contributed by atoms with Gasteiger partial charge in [0.25, 0.3) is 5.91 Å². The first-order valence-corrected chi connectivity index (χ1v) is 8.65. The number of anilines is 1. The van der Waals surface area contributed by atoms with Crippen LogP contribution in [0.25, 0.3) is 0 Å². The van der Waals surface area contributed by atoms with Gasteiger partial charge in [0.2, 0.25) is 0 Å². The van der Waals surface area contributed by atoms with E-state index in [1.165, 1.54) is 11.1 Å². The van der Waals surface area contributed by atoms with Gasteiger partial charge in [-0.05, 0) is 30.2 Å². The fourth-order valence-electron chi connectivity index (χ4n) is 4.20. The zero-order valence-corrected chi connectivity index (χ0v) is 15.4. The van der Waals surface area contributed by atoms with E-state index in [0.717, 1.165) is 12.1 Å². The molecule has 4 aliphatic rings. The van der Waals surface area contributed by atoms with Gasteiger partial charge in [0.05, 0.1) is 6.04 Å². The van der Waals surface area contributed by atoms with Gasteiger partial charge in [-0.15, -0.1) is 0 Å². The first-order valence-electron chi connectivity index (χ1n) is 8.65. The molecule has 4 heteroatoms. The molecule has 0 bridgehead atoms. The van der Waals surface area contributed by atoms with Crippen LogP contribution in [0.4, 0.5) is 5.69 Å². The van der Waals surface area contributed by atoms with Crippen LogP contribution in [0, 0.1) is 6.42 Å².